The normalized spacial score (nSPS) is 10.4. The molecule has 19 heavy (non-hydrogen) atoms. The van der Waals surface area contributed by atoms with Gasteiger partial charge < -0.3 is 10.1 Å². The van der Waals surface area contributed by atoms with Crippen molar-refractivity contribution < 1.29 is 9.53 Å². The maximum Gasteiger partial charge on any atom is 0.250 e. The molecule has 1 aromatic carbocycles. The number of hydrogen-bond donors (Lipinski definition) is 1. The molecule has 100 valence electrons. The lowest BCUT2D eigenvalue weighted by molar-refractivity contribution is -0.120. The van der Waals surface area contributed by atoms with Gasteiger partial charge in [-0.15, -0.1) is 0 Å². The number of aromatic nitrogens is 3. The van der Waals surface area contributed by atoms with Crippen LogP contribution in [-0.4, -0.2) is 33.9 Å². The summed E-state index contributed by atoms with van der Waals surface area (Å²) >= 11 is 6.14. The summed E-state index contributed by atoms with van der Waals surface area (Å²) in [7, 11) is 0. The molecule has 2 aromatic rings. The van der Waals surface area contributed by atoms with Crippen LogP contribution in [0, 0.1) is 0 Å². The van der Waals surface area contributed by atoms with Crippen molar-refractivity contribution in [3.63, 3.8) is 0 Å². The Morgan fingerprint density at radius 3 is 3.05 bits per heavy atom. The molecule has 7 heteroatoms. The molecule has 0 unspecified atom stereocenters. The standard InChI is InChI=1S/C12H13ClN4O2/c1-2-19-6-11(18)16-10-5-3-4-9(13)12(10)17-8-14-7-15-17/h3-5,7-8H,2,6H2,1H3,(H,16,18). The van der Waals surface area contributed by atoms with E-state index in [4.69, 9.17) is 16.3 Å². The van der Waals surface area contributed by atoms with Gasteiger partial charge in [0.05, 0.1) is 10.7 Å². The number of amides is 1. The summed E-state index contributed by atoms with van der Waals surface area (Å²) in [4.78, 5) is 15.5. The number of nitrogens with zero attached hydrogens (tertiary/aromatic N) is 3. The van der Waals surface area contributed by atoms with Crippen molar-refractivity contribution >= 4 is 23.2 Å². The van der Waals surface area contributed by atoms with Gasteiger partial charge in [0.1, 0.15) is 24.9 Å². The second-order valence-corrected chi connectivity index (χ2v) is 4.07. The fourth-order valence-corrected chi connectivity index (χ4v) is 1.81. The van der Waals surface area contributed by atoms with E-state index in [9.17, 15) is 4.79 Å². The van der Waals surface area contributed by atoms with Crippen LogP contribution in [0.25, 0.3) is 5.69 Å². The Morgan fingerprint density at radius 1 is 1.53 bits per heavy atom. The molecule has 1 N–H and O–H groups in total. The van der Waals surface area contributed by atoms with Gasteiger partial charge in [-0.1, -0.05) is 17.7 Å². The van der Waals surface area contributed by atoms with E-state index in [1.807, 2.05) is 6.92 Å². The largest absolute Gasteiger partial charge is 0.372 e. The zero-order chi connectivity index (χ0) is 13.7. The molecule has 0 saturated heterocycles. The molecule has 2 rings (SSSR count). The molecule has 0 aliphatic rings. The molecule has 1 aromatic heterocycles. The second-order valence-electron chi connectivity index (χ2n) is 3.66. The second kappa shape index (κ2) is 6.31. The number of carbonyl (C=O) groups excluding carboxylic acids is 1. The maximum atomic E-state index is 11.7. The zero-order valence-electron chi connectivity index (χ0n) is 10.3. The van der Waals surface area contributed by atoms with E-state index in [1.165, 1.54) is 17.3 Å². The summed E-state index contributed by atoms with van der Waals surface area (Å²) in [6, 6.07) is 5.21. The fourth-order valence-electron chi connectivity index (χ4n) is 1.55. The van der Waals surface area contributed by atoms with Gasteiger partial charge >= 0.3 is 0 Å². The highest BCUT2D eigenvalue weighted by Gasteiger charge is 2.12. The first-order valence-corrected chi connectivity index (χ1v) is 6.11. The Morgan fingerprint density at radius 2 is 2.37 bits per heavy atom. The molecule has 1 amide bonds. The predicted molar refractivity (Wildman–Crippen MR) is 71.5 cm³/mol. The van der Waals surface area contributed by atoms with E-state index in [0.29, 0.717) is 23.0 Å². The molecular formula is C12H13ClN4O2. The smallest absolute Gasteiger partial charge is 0.250 e. The van der Waals surface area contributed by atoms with Crippen molar-refractivity contribution in [1.82, 2.24) is 14.8 Å². The first kappa shape index (κ1) is 13.5. The SMILES string of the molecule is CCOCC(=O)Nc1cccc(Cl)c1-n1cncn1. The number of nitrogens with one attached hydrogen (secondary N) is 1. The molecule has 0 fully saturated rings. The van der Waals surface area contributed by atoms with E-state index in [0.717, 1.165) is 0 Å². The Labute approximate surface area is 115 Å². The van der Waals surface area contributed by atoms with Crippen LogP contribution >= 0.6 is 11.6 Å². The maximum absolute atomic E-state index is 11.7. The average Bonchev–Trinajstić information content (AvgIpc) is 2.90. The minimum atomic E-state index is -0.245. The minimum absolute atomic E-state index is 0.000188. The Bertz CT molecular complexity index is 557. The highest BCUT2D eigenvalue weighted by molar-refractivity contribution is 6.33. The predicted octanol–water partition coefficient (Wildman–Crippen LogP) is 1.90. The van der Waals surface area contributed by atoms with E-state index < -0.39 is 0 Å². The molecule has 0 aliphatic carbocycles. The number of anilines is 1. The lowest BCUT2D eigenvalue weighted by Gasteiger charge is -2.12. The highest BCUT2D eigenvalue weighted by atomic mass is 35.5. The Kier molecular flexibility index (Phi) is 4.48. The van der Waals surface area contributed by atoms with Gasteiger partial charge in [-0.2, -0.15) is 5.10 Å². The molecule has 0 aliphatic heterocycles. The van der Waals surface area contributed by atoms with E-state index >= 15 is 0 Å². The highest BCUT2D eigenvalue weighted by Crippen LogP contribution is 2.27. The van der Waals surface area contributed by atoms with Crippen LogP contribution in [0.2, 0.25) is 5.02 Å². The van der Waals surface area contributed by atoms with Crippen LogP contribution < -0.4 is 5.32 Å². The summed E-state index contributed by atoms with van der Waals surface area (Å²) < 4.78 is 6.55. The average molecular weight is 281 g/mol. The van der Waals surface area contributed by atoms with Crippen LogP contribution in [0.4, 0.5) is 5.69 Å². The van der Waals surface area contributed by atoms with Crippen molar-refractivity contribution in [2.45, 2.75) is 6.92 Å². The number of para-hydroxylation sites is 1. The number of hydrogen-bond acceptors (Lipinski definition) is 4. The van der Waals surface area contributed by atoms with Gasteiger partial charge in [0.15, 0.2) is 0 Å². The topological polar surface area (TPSA) is 69.0 Å². The Hall–Kier alpha value is -1.92. The van der Waals surface area contributed by atoms with Gasteiger partial charge in [-0.3, -0.25) is 4.79 Å². The van der Waals surface area contributed by atoms with Gasteiger partial charge in [0.2, 0.25) is 5.91 Å². The summed E-state index contributed by atoms with van der Waals surface area (Å²) in [5, 5.41) is 7.23. The van der Waals surface area contributed by atoms with Crippen molar-refractivity contribution in [3.05, 3.63) is 35.9 Å². The van der Waals surface area contributed by atoms with Crippen molar-refractivity contribution in [2.24, 2.45) is 0 Å². The van der Waals surface area contributed by atoms with E-state index in [2.05, 4.69) is 15.4 Å². The third kappa shape index (κ3) is 3.30. The molecule has 0 atom stereocenters. The summed E-state index contributed by atoms with van der Waals surface area (Å²) in [6.07, 6.45) is 2.91. The number of benzene rings is 1. The third-order valence-electron chi connectivity index (χ3n) is 2.35. The molecule has 0 radical (unpaired) electrons. The third-order valence-corrected chi connectivity index (χ3v) is 2.65. The molecule has 6 nitrogen and oxygen atoms in total. The molecule has 0 spiro atoms. The quantitative estimate of drug-likeness (QED) is 0.908. The Balaban J connectivity index is 2.26. The first-order valence-electron chi connectivity index (χ1n) is 5.73. The van der Waals surface area contributed by atoms with Crippen LogP contribution in [0.1, 0.15) is 6.92 Å². The minimum Gasteiger partial charge on any atom is -0.372 e. The molecule has 1 heterocycles. The summed E-state index contributed by atoms with van der Waals surface area (Å²) in [6.45, 7) is 2.31. The molecule has 0 saturated carbocycles. The van der Waals surface area contributed by atoms with Crippen LogP contribution in [0.3, 0.4) is 0 Å². The lowest BCUT2D eigenvalue weighted by Crippen LogP contribution is -2.19. The fraction of sp³-hybridized carbons (Fsp3) is 0.250. The zero-order valence-corrected chi connectivity index (χ0v) is 11.1. The van der Waals surface area contributed by atoms with Crippen molar-refractivity contribution in [2.75, 3.05) is 18.5 Å². The number of carbonyl (C=O) groups is 1. The first-order chi connectivity index (χ1) is 9.22. The van der Waals surface area contributed by atoms with Crippen molar-refractivity contribution in [3.8, 4) is 5.69 Å². The molecule has 0 bridgehead atoms. The number of rotatable bonds is 5. The monoisotopic (exact) mass is 280 g/mol. The van der Waals surface area contributed by atoms with Crippen LogP contribution in [0.15, 0.2) is 30.9 Å². The van der Waals surface area contributed by atoms with Crippen molar-refractivity contribution in [1.29, 1.82) is 0 Å². The summed E-state index contributed by atoms with van der Waals surface area (Å²) in [5.74, 6) is -0.245. The van der Waals surface area contributed by atoms with Gasteiger partial charge in [0, 0.05) is 6.61 Å². The van der Waals surface area contributed by atoms with Crippen LogP contribution in [-0.2, 0) is 9.53 Å². The van der Waals surface area contributed by atoms with E-state index in [-0.39, 0.29) is 12.5 Å². The van der Waals surface area contributed by atoms with Crippen LogP contribution in [0.5, 0.6) is 0 Å². The number of halogens is 1. The summed E-state index contributed by atoms with van der Waals surface area (Å²) in [5.41, 5.74) is 1.13. The molecular weight excluding hydrogens is 268 g/mol. The van der Waals surface area contributed by atoms with Gasteiger partial charge in [-0.25, -0.2) is 9.67 Å². The van der Waals surface area contributed by atoms with E-state index in [1.54, 1.807) is 18.2 Å². The number of ether oxygens (including phenoxy) is 1. The van der Waals surface area contributed by atoms with Gasteiger partial charge in [-0.05, 0) is 19.1 Å². The van der Waals surface area contributed by atoms with Gasteiger partial charge in [0.25, 0.3) is 0 Å². The lowest BCUT2D eigenvalue weighted by atomic mass is 10.2.